The number of hydrogen-bond donors (Lipinski definition) is 2. The third kappa shape index (κ3) is 4.54. The highest BCUT2D eigenvalue weighted by Crippen LogP contribution is 2.39. The van der Waals surface area contributed by atoms with Crippen LogP contribution in [0.5, 0.6) is 0 Å². The van der Waals surface area contributed by atoms with Crippen molar-refractivity contribution in [2.75, 3.05) is 10.0 Å². The fourth-order valence-electron chi connectivity index (χ4n) is 3.27. The highest BCUT2D eigenvalue weighted by Gasteiger charge is 2.34. The maximum atomic E-state index is 13.1. The van der Waals surface area contributed by atoms with Gasteiger partial charge in [0.2, 0.25) is 0 Å². The number of hydrogen-bond acceptors (Lipinski definition) is 5. The molecule has 0 fully saturated rings. The lowest BCUT2D eigenvalue weighted by molar-refractivity contribution is -0.137. The first-order valence-electron chi connectivity index (χ1n) is 9.53. The van der Waals surface area contributed by atoms with Crippen molar-refractivity contribution >= 4 is 49.9 Å². The van der Waals surface area contributed by atoms with Gasteiger partial charge in [-0.3, -0.25) is 14.5 Å². The SMILES string of the molecule is Cn1c(C(=O)Nc2ccc(S(=O)(=O)Nc3cnccn3)cc2)cc2c(Cl)c(C(F)(F)F)ccc21. The van der Waals surface area contributed by atoms with Gasteiger partial charge in [0, 0.05) is 36.0 Å². The molecule has 2 heterocycles. The van der Waals surface area contributed by atoms with E-state index < -0.39 is 32.7 Å². The normalized spacial score (nSPS) is 12.0. The van der Waals surface area contributed by atoms with Crippen LogP contribution in [0.2, 0.25) is 5.02 Å². The first-order valence-corrected chi connectivity index (χ1v) is 11.4. The highest BCUT2D eigenvalue weighted by molar-refractivity contribution is 7.92. The van der Waals surface area contributed by atoms with Crippen molar-refractivity contribution in [3.8, 4) is 0 Å². The second-order valence-corrected chi connectivity index (χ2v) is 9.18. The predicted molar refractivity (Wildman–Crippen MR) is 120 cm³/mol. The van der Waals surface area contributed by atoms with Crippen LogP contribution in [-0.4, -0.2) is 28.9 Å². The van der Waals surface area contributed by atoms with Gasteiger partial charge in [0.15, 0.2) is 5.82 Å². The van der Waals surface area contributed by atoms with Crippen molar-refractivity contribution in [3.63, 3.8) is 0 Å². The molecule has 0 aliphatic rings. The molecule has 0 atom stereocenters. The number of carbonyl (C=O) groups is 1. The van der Waals surface area contributed by atoms with Gasteiger partial charge in [-0.1, -0.05) is 11.6 Å². The number of halogens is 4. The summed E-state index contributed by atoms with van der Waals surface area (Å²) in [6.45, 7) is 0. The van der Waals surface area contributed by atoms with Crippen molar-refractivity contribution in [1.29, 1.82) is 0 Å². The smallest absolute Gasteiger partial charge is 0.340 e. The molecule has 0 radical (unpaired) electrons. The van der Waals surface area contributed by atoms with Crippen LogP contribution in [-0.2, 0) is 23.2 Å². The Kier molecular flexibility index (Phi) is 5.96. The highest BCUT2D eigenvalue weighted by atomic mass is 35.5. The lowest BCUT2D eigenvalue weighted by atomic mass is 10.1. The molecule has 8 nitrogen and oxygen atoms in total. The van der Waals surface area contributed by atoms with E-state index in [9.17, 15) is 26.4 Å². The van der Waals surface area contributed by atoms with Crippen LogP contribution < -0.4 is 10.0 Å². The maximum absolute atomic E-state index is 13.1. The van der Waals surface area contributed by atoms with Crippen molar-refractivity contribution in [2.24, 2.45) is 7.05 Å². The number of aromatic nitrogens is 3. The number of aryl methyl sites for hydroxylation is 1. The topological polar surface area (TPSA) is 106 Å². The van der Waals surface area contributed by atoms with E-state index in [2.05, 4.69) is 20.0 Å². The van der Waals surface area contributed by atoms with Gasteiger partial charge in [-0.05, 0) is 42.5 Å². The minimum absolute atomic E-state index is 0.0444. The Morgan fingerprint density at radius 3 is 2.41 bits per heavy atom. The summed E-state index contributed by atoms with van der Waals surface area (Å²) < 4.78 is 68.1. The van der Waals surface area contributed by atoms with Crippen LogP contribution in [0.25, 0.3) is 10.9 Å². The zero-order chi connectivity index (χ0) is 24.7. The molecule has 13 heteroatoms. The van der Waals surface area contributed by atoms with Crippen molar-refractivity contribution in [3.05, 3.63) is 77.3 Å². The average Bonchev–Trinajstić information content (AvgIpc) is 3.11. The third-order valence-electron chi connectivity index (χ3n) is 4.92. The molecule has 4 rings (SSSR count). The Balaban J connectivity index is 1.56. The van der Waals surface area contributed by atoms with Gasteiger partial charge in [-0.25, -0.2) is 13.4 Å². The lowest BCUT2D eigenvalue weighted by Gasteiger charge is -2.10. The van der Waals surface area contributed by atoms with E-state index in [-0.39, 0.29) is 27.5 Å². The molecular formula is C21H15ClF3N5O3S. The summed E-state index contributed by atoms with van der Waals surface area (Å²) in [7, 11) is -2.41. The van der Waals surface area contributed by atoms with Crippen LogP contribution in [0, 0.1) is 0 Å². The molecule has 2 aromatic heterocycles. The average molecular weight is 510 g/mol. The number of sulfonamides is 1. The Hall–Kier alpha value is -3.64. The number of anilines is 2. The summed E-state index contributed by atoms with van der Waals surface area (Å²) in [5.41, 5.74) is -0.307. The summed E-state index contributed by atoms with van der Waals surface area (Å²) in [4.78, 5) is 20.3. The van der Waals surface area contributed by atoms with E-state index >= 15 is 0 Å². The number of carbonyl (C=O) groups excluding carboxylic acids is 1. The van der Waals surface area contributed by atoms with E-state index in [1.807, 2.05) is 0 Å². The monoisotopic (exact) mass is 509 g/mol. The van der Waals surface area contributed by atoms with Gasteiger partial charge in [0.05, 0.1) is 21.7 Å². The van der Waals surface area contributed by atoms with Gasteiger partial charge in [0.25, 0.3) is 15.9 Å². The Bertz CT molecular complexity index is 1490. The molecule has 0 bridgehead atoms. The van der Waals surface area contributed by atoms with Crippen LogP contribution in [0.3, 0.4) is 0 Å². The van der Waals surface area contributed by atoms with Crippen molar-refractivity contribution < 1.29 is 26.4 Å². The fourth-order valence-corrected chi connectivity index (χ4v) is 4.59. The molecule has 0 unspecified atom stereocenters. The number of fused-ring (bicyclic) bond motifs is 1. The Morgan fingerprint density at radius 1 is 1.09 bits per heavy atom. The number of nitrogens with zero attached hydrogens (tertiary/aromatic N) is 3. The molecule has 1 amide bonds. The van der Waals surface area contributed by atoms with Crippen LogP contribution in [0.4, 0.5) is 24.7 Å². The molecule has 0 saturated carbocycles. The molecule has 176 valence electrons. The second kappa shape index (κ2) is 8.61. The molecule has 4 aromatic rings. The molecule has 0 aliphatic heterocycles. The summed E-state index contributed by atoms with van der Waals surface area (Å²) >= 11 is 5.96. The minimum Gasteiger partial charge on any atom is -0.340 e. The number of rotatable bonds is 5. The molecule has 0 spiro atoms. The van der Waals surface area contributed by atoms with Gasteiger partial charge in [-0.2, -0.15) is 13.2 Å². The van der Waals surface area contributed by atoms with E-state index in [1.54, 1.807) is 0 Å². The Morgan fingerprint density at radius 2 is 1.79 bits per heavy atom. The van der Waals surface area contributed by atoms with Crippen molar-refractivity contribution in [2.45, 2.75) is 11.1 Å². The number of nitrogens with one attached hydrogen (secondary N) is 2. The van der Waals surface area contributed by atoms with Gasteiger partial charge < -0.3 is 9.88 Å². The summed E-state index contributed by atoms with van der Waals surface area (Å²) in [6, 6.07) is 8.68. The maximum Gasteiger partial charge on any atom is 0.417 e. The molecule has 2 N–H and O–H groups in total. The largest absolute Gasteiger partial charge is 0.417 e. The predicted octanol–water partition coefficient (Wildman–Crippen LogP) is 4.69. The first kappa shape index (κ1) is 23.5. The molecular weight excluding hydrogens is 495 g/mol. The van der Waals surface area contributed by atoms with Gasteiger partial charge >= 0.3 is 6.18 Å². The fraction of sp³-hybridized carbons (Fsp3) is 0.0952. The molecule has 0 aliphatic carbocycles. The van der Waals surface area contributed by atoms with E-state index in [0.717, 1.165) is 6.07 Å². The van der Waals surface area contributed by atoms with Crippen LogP contribution in [0.15, 0.2) is 66.0 Å². The summed E-state index contributed by atoms with van der Waals surface area (Å²) in [5.74, 6) is -0.570. The van der Waals surface area contributed by atoms with E-state index in [4.69, 9.17) is 11.6 Å². The molecule has 34 heavy (non-hydrogen) atoms. The van der Waals surface area contributed by atoms with E-state index in [0.29, 0.717) is 5.52 Å². The second-order valence-electron chi connectivity index (χ2n) is 7.12. The van der Waals surface area contributed by atoms with Crippen LogP contribution in [0.1, 0.15) is 16.1 Å². The van der Waals surface area contributed by atoms with Gasteiger partial charge in [0.1, 0.15) is 5.69 Å². The number of benzene rings is 2. The summed E-state index contributed by atoms with van der Waals surface area (Å²) in [6.07, 6.45) is -0.651. The molecule has 2 aromatic carbocycles. The van der Waals surface area contributed by atoms with Gasteiger partial charge in [-0.15, -0.1) is 0 Å². The van der Waals surface area contributed by atoms with Crippen molar-refractivity contribution in [1.82, 2.24) is 14.5 Å². The lowest BCUT2D eigenvalue weighted by Crippen LogP contribution is -2.16. The summed E-state index contributed by atoms with van der Waals surface area (Å²) in [5, 5.41) is 2.18. The zero-order valence-corrected chi connectivity index (χ0v) is 18.8. The number of alkyl halides is 3. The quantitative estimate of drug-likeness (QED) is 0.406. The standard InChI is InChI=1S/C21H15ClF3N5O3S/c1-30-16-7-6-15(21(23,24)25)19(22)14(16)10-17(30)20(31)28-12-2-4-13(5-3-12)34(32,33)29-18-11-26-8-9-27-18/h2-11H,1H3,(H,27,29)(H,28,31). The zero-order valence-electron chi connectivity index (χ0n) is 17.3. The third-order valence-corrected chi connectivity index (χ3v) is 6.70. The van der Waals surface area contributed by atoms with Crippen LogP contribution >= 0.6 is 11.6 Å². The van der Waals surface area contributed by atoms with E-state index in [1.165, 1.54) is 66.6 Å². The Labute approximate surface area is 196 Å². The first-order chi connectivity index (χ1) is 16.0. The molecule has 0 saturated heterocycles. The number of amides is 1. The minimum atomic E-state index is -4.63.